The summed E-state index contributed by atoms with van der Waals surface area (Å²) in [6.45, 7) is 3.86. The Kier molecular flexibility index (Phi) is 5.19. The van der Waals surface area contributed by atoms with Gasteiger partial charge in [0.15, 0.2) is 6.20 Å². The van der Waals surface area contributed by atoms with E-state index in [0.717, 1.165) is 11.1 Å². The lowest BCUT2D eigenvalue weighted by atomic mass is 10.3. The Bertz CT molecular complexity index is 486. The van der Waals surface area contributed by atoms with E-state index in [1.165, 1.54) is 6.20 Å². The van der Waals surface area contributed by atoms with Gasteiger partial charge in [0.25, 0.3) is 5.15 Å². The molecule has 0 aromatic carbocycles. The van der Waals surface area contributed by atoms with Gasteiger partial charge in [-0.15, -0.1) is 0 Å². The van der Waals surface area contributed by atoms with Crippen LogP contribution < -0.4 is 4.73 Å². The molecule has 5 heteroatoms. The number of hydrogen-bond acceptors (Lipinski definition) is 2. The van der Waals surface area contributed by atoms with Gasteiger partial charge >= 0.3 is 0 Å². The molecule has 0 aliphatic rings. The molecule has 90 valence electrons. The average molecular weight is 271 g/mol. The van der Waals surface area contributed by atoms with Crippen LogP contribution in [0.5, 0.6) is 0 Å². The van der Waals surface area contributed by atoms with Gasteiger partial charge in [-0.3, -0.25) is 0 Å². The predicted molar refractivity (Wildman–Crippen MR) is 69.1 cm³/mol. The van der Waals surface area contributed by atoms with Gasteiger partial charge in [-0.2, -0.15) is 4.73 Å². The molecule has 0 aliphatic carbocycles. The maximum atomic E-state index is 10.6. The first-order valence-corrected chi connectivity index (χ1v) is 5.68. The molecule has 0 unspecified atom stereocenters. The highest BCUT2D eigenvalue weighted by Crippen LogP contribution is 2.04. The fraction of sp³-hybridized carbons (Fsp3) is 0.167. The molecule has 0 saturated heterocycles. The summed E-state index contributed by atoms with van der Waals surface area (Å²) < 4.78 is 0.620. The summed E-state index contributed by atoms with van der Waals surface area (Å²) in [5, 5.41) is 11.3. The fourth-order valence-electron chi connectivity index (χ4n) is 1.06. The maximum absolute atomic E-state index is 10.6. The minimum atomic E-state index is 0.218. The zero-order valence-electron chi connectivity index (χ0n) is 9.52. The van der Waals surface area contributed by atoms with Crippen LogP contribution in [0.2, 0.25) is 10.3 Å². The van der Waals surface area contributed by atoms with Crippen molar-refractivity contribution in [2.75, 3.05) is 0 Å². The number of rotatable bonds is 0. The predicted octanol–water partition coefficient (Wildman–Crippen LogP) is 3.33. The maximum Gasteiger partial charge on any atom is 0.286 e. The molecule has 2 aromatic heterocycles. The summed E-state index contributed by atoms with van der Waals surface area (Å²) in [6, 6.07) is 7.06. The van der Waals surface area contributed by atoms with Crippen molar-refractivity contribution in [2.24, 2.45) is 0 Å². The second-order valence-corrected chi connectivity index (χ2v) is 4.28. The van der Waals surface area contributed by atoms with Crippen LogP contribution >= 0.6 is 23.2 Å². The molecule has 0 saturated carbocycles. The Morgan fingerprint density at radius 2 is 1.76 bits per heavy atom. The zero-order valence-corrected chi connectivity index (χ0v) is 11.0. The summed E-state index contributed by atoms with van der Waals surface area (Å²) in [6.07, 6.45) is 3.08. The van der Waals surface area contributed by atoms with Crippen LogP contribution in [0.3, 0.4) is 0 Å². The van der Waals surface area contributed by atoms with E-state index in [-0.39, 0.29) is 5.15 Å². The normalized spacial score (nSPS) is 9.41. The Balaban J connectivity index is 0.000000171. The third-order valence-corrected chi connectivity index (χ3v) is 2.39. The number of pyridine rings is 2. The molecule has 0 fully saturated rings. The van der Waals surface area contributed by atoms with Gasteiger partial charge in [0.05, 0.1) is 0 Å². The zero-order chi connectivity index (χ0) is 12.8. The van der Waals surface area contributed by atoms with Crippen LogP contribution in [-0.2, 0) is 0 Å². The largest absolute Gasteiger partial charge is 0.618 e. The molecular formula is C12H12Cl2N2O. The van der Waals surface area contributed by atoms with Gasteiger partial charge in [-0.05, 0) is 48.7 Å². The van der Waals surface area contributed by atoms with E-state index in [1.807, 2.05) is 26.0 Å². The van der Waals surface area contributed by atoms with Crippen LogP contribution in [0.4, 0.5) is 0 Å². The van der Waals surface area contributed by atoms with Crippen molar-refractivity contribution in [3.8, 4) is 0 Å². The minimum Gasteiger partial charge on any atom is -0.618 e. The lowest BCUT2D eigenvalue weighted by Crippen LogP contribution is -2.26. The fourth-order valence-corrected chi connectivity index (χ4v) is 1.51. The summed E-state index contributed by atoms with van der Waals surface area (Å²) in [5.74, 6) is 0. The molecule has 0 N–H and O–H groups in total. The van der Waals surface area contributed by atoms with E-state index in [4.69, 9.17) is 23.2 Å². The molecule has 0 amide bonds. The van der Waals surface area contributed by atoms with Gasteiger partial charge in [0.1, 0.15) is 5.15 Å². The van der Waals surface area contributed by atoms with Crippen LogP contribution in [0.15, 0.2) is 36.7 Å². The Labute approximate surface area is 110 Å². The molecule has 0 aliphatic heterocycles. The van der Waals surface area contributed by atoms with Gasteiger partial charge in [0.2, 0.25) is 0 Å². The summed E-state index contributed by atoms with van der Waals surface area (Å²) in [4.78, 5) is 3.81. The first-order valence-electron chi connectivity index (χ1n) is 4.92. The number of halogens is 2. The van der Waals surface area contributed by atoms with E-state index in [1.54, 1.807) is 18.3 Å². The molecule has 0 spiro atoms. The van der Waals surface area contributed by atoms with Crippen LogP contribution in [0.1, 0.15) is 11.1 Å². The number of aryl methyl sites for hydroxylation is 2. The molecule has 2 heterocycles. The molecular weight excluding hydrogens is 259 g/mol. The molecule has 2 rings (SSSR count). The molecule has 0 radical (unpaired) electrons. The highest BCUT2D eigenvalue weighted by Gasteiger charge is 1.97. The Morgan fingerprint density at radius 1 is 1.12 bits per heavy atom. The number of hydrogen-bond donors (Lipinski definition) is 0. The summed E-state index contributed by atoms with van der Waals surface area (Å²) in [7, 11) is 0. The topological polar surface area (TPSA) is 39.8 Å². The monoisotopic (exact) mass is 270 g/mol. The summed E-state index contributed by atoms with van der Waals surface area (Å²) in [5.41, 5.74) is 2.14. The molecule has 3 nitrogen and oxygen atoms in total. The number of nitrogens with zero attached hydrogens (tertiary/aromatic N) is 2. The molecule has 0 bridgehead atoms. The Morgan fingerprint density at radius 3 is 2.18 bits per heavy atom. The van der Waals surface area contributed by atoms with Gasteiger partial charge in [0, 0.05) is 18.3 Å². The van der Waals surface area contributed by atoms with Crippen molar-refractivity contribution in [3.05, 3.63) is 63.3 Å². The smallest absolute Gasteiger partial charge is 0.286 e. The second-order valence-electron chi connectivity index (χ2n) is 3.51. The van der Waals surface area contributed by atoms with Crippen molar-refractivity contribution in [1.29, 1.82) is 0 Å². The van der Waals surface area contributed by atoms with Crippen molar-refractivity contribution < 1.29 is 4.73 Å². The van der Waals surface area contributed by atoms with Crippen molar-refractivity contribution in [1.82, 2.24) is 4.98 Å². The van der Waals surface area contributed by atoms with E-state index < -0.39 is 0 Å². The number of aromatic nitrogens is 2. The van der Waals surface area contributed by atoms with Crippen molar-refractivity contribution >= 4 is 23.2 Å². The van der Waals surface area contributed by atoms with Gasteiger partial charge in [-0.1, -0.05) is 11.6 Å². The third-order valence-electron chi connectivity index (χ3n) is 1.91. The lowest BCUT2D eigenvalue weighted by molar-refractivity contribution is -0.603. The quantitative estimate of drug-likeness (QED) is 0.419. The van der Waals surface area contributed by atoms with Crippen molar-refractivity contribution in [3.63, 3.8) is 0 Å². The van der Waals surface area contributed by atoms with E-state index in [9.17, 15) is 5.21 Å². The third kappa shape index (κ3) is 5.02. The molecule has 2 aromatic rings. The SMILES string of the molecule is Cc1cc[n+]([O-])c(Cl)c1.Cc1ccnc(Cl)c1. The molecule has 17 heavy (non-hydrogen) atoms. The standard InChI is InChI=1S/C6H6ClNO.C6H6ClN/c1-5-2-3-8(9)6(7)4-5;1-5-2-3-8-6(7)4-5/h2-4H,1H3;2-4H,1H3. The highest BCUT2D eigenvalue weighted by molar-refractivity contribution is 6.29. The first-order chi connectivity index (χ1) is 7.99. The average Bonchev–Trinajstić information content (AvgIpc) is 2.24. The molecule has 0 atom stereocenters. The van der Waals surface area contributed by atoms with E-state index in [0.29, 0.717) is 9.88 Å². The Hall–Kier alpha value is -1.32. The van der Waals surface area contributed by atoms with Crippen LogP contribution in [0.25, 0.3) is 0 Å². The van der Waals surface area contributed by atoms with Crippen LogP contribution in [-0.4, -0.2) is 4.98 Å². The highest BCUT2D eigenvalue weighted by atomic mass is 35.5. The minimum absolute atomic E-state index is 0.218. The van der Waals surface area contributed by atoms with E-state index in [2.05, 4.69) is 4.98 Å². The van der Waals surface area contributed by atoms with Crippen molar-refractivity contribution in [2.45, 2.75) is 13.8 Å². The first kappa shape index (κ1) is 13.7. The van der Waals surface area contributed by atoms with Crippen LogP contribution in [0, 0.1) is 19.1 Å². The lowest BCUT2D eigenvalue weighted by Gasteiger charge is -1.96. The second kappa shape index (κ2) is 6.42. The van der Waals surface area contributed by atoms with Gasteiger partial charge in [-0.25, -0.2) is 4.98 Å². The van der Waals surface area contributed by atoms with Gasteiger partial charge < -0.3 is 5.21 Å². The van der Waals surface area contributed by atoms with E-state index >= 15 is 0 Å². The summed E-state index contributed by atoms with van der Waals surface area (Å²) >= 11 is 11.0.